The second kappa shape index (κ2) is 6.39. The van der Waals surface area contributed by atoms with E-state index in [0.717, 1.165) is 5.56 Å². The molecular weight excluding hydrogens is 252 g/mol. The first-order chi connectivity index (χ1) is 9.69. The molecule has 0 bridgehead atoms. The van der Waals surface area contributed by atoms with E-state index in [0.29, 0.717) is 17.9 Å². The summed E-state index contributed by atoms with van der Waals surface area (Å²) in [6.45, 7) is 0.455. The maximum Gasteiger partial charge on any atom is 0.246 e. The smallest absolute Gasteiger partial charge is 0.246 e. The Morgan fingerprint density at radius 1 is 1.40 bits per heavy atom. The second-order valence-electron chi connectivity index (χ2n) is 4.36. The van der Waals surface area contributed by atoms with E-state index in [9.17, 15) is 4.79 Å². The Kier molecular flexibility index (Phi) is 4.35. The number of carbonyl (C=O) groups is 1. The number of carbonyl (C=O) groups excluding carboxylic acids is 1. The van der Waals surface area contributed by atoms with Gasteiger partial charge in [0.25, 0.3) is 0 Å². The number of amides is 1. The van der Waals surface area contributed by atoms with Gasteiger partial charge in [-0.1, -0.05) is 12.1 Å². The average molecular weight is 266 g/mol. The molecule has 0 fully saturated rings. The fraction of sp³-hybridized carbons (Fsp3) is 0.125. The number of furan rings is 1. The van der Waals surface area contributed by atoms with Gasteiger partial charge in [0.2, 0.25) is 5.91 Å². The summed E-state index contributed by atoms with van der Waals surface area (Å²) < 4.78 is 5.12. The van der Waals surface area contributed by atoms with E-state index in [1.807, 2.05) is 12.1 Å². The van der Waals surface area contributed by atoms with E-state index < -0.39 is 0 Å². The molecule has 2 aromatic rings. The molecule has 0 unspecified atom stereocenters. The highest BCUT2D eigenvalue weighted by molar-refractivity contribution is 5.91. The second-order valence-corrected chi connectivity index (χ2v) is 4.36. The van der Waals surface area contributed by atoms with Gasteiger partial charge in [-0.3, -0.25) is 4.79 Å². The van der Waals surface area contributed by atoms with Crippen molar-refractivity contribution in [2.45, 2.75) is 6.54 Å². The number of hydrogen-bond donors (Lipinski definition) is 0. The van der Waals surface area contributed by atoms with E-state index in [4.69, 9.17) is 9.68 Å². The molecule has 1 aromatic heterocycles. The maximum absolute atomic E-state index is 11.9. The largest absolute Gasteiger partial charge is 0.465 e. The number of rotatable bonds is 4. The van der Waals surface area contributed by atoms with Gasteiger partial charge in [0, 0.05) is 19.7 Å². The molecule has 1 amide bonds. The van der Waals surface area contributed by atoms with Crippen LogP contribution in [-0.4, -0.2) is 17.9 Å². The highest BCUT2D eigenvalue weighted by Crippen LogP contribution is 2.08. The molecule has 0 saturated heterocycles. The summed E-state index contributed by atoms with van der Waals surface area (Å²) in [5, 5.41) is 8.84. The number of likely N-dealkylation sites (N-methyl/N-ethyl adjacent to an activating group) is 1. The van der Waals surface area contributed by atoms with Gasteiger partial charge in [-0.2, -0.15) is 5.26 Å². The third-order valence-electron chi connectivity index (χ3n) is 2.79. The monoisotopic (exact) mass is 266 g/mol. The predicted molar refractivity (Wildman–Crippen MR) is 75.4 cm³/mol. The van der Waals surface area contributed by atoms with Gasteiger partial charge in [-0.25, -0.2) is 0 Å². The van der Waals surface area contributed by atoms with Crippen molar-refractivity contribution in [2.75, 3.05) is 7.05 Å². The first kappa shape index (κ1) is 13.6. The Morgan fingerprint density at radius 2 is 2.25 bits per heavy atom. The Labute approximate surface area is 117 Å². The first-order valence-corrected chi connectivity index (χ1v) is 6.15. The molecule has 0 aliphatic rings. The van der Waals surface area contributed by atoms with Gasteiger partial charge in [-0.15, -0.1) is 0 Å². The van der Waals surface area contributed by atoms with Crippen LogP contribution < -0.4 is 0 Å². The van der Waals surface area contributed by atoms with Crippen molar-refractivity contribution in [2.24, 2.45) is 0 Å². The lowest BCUT2D eigenvalue weighted by atomic mass is 10.1. The van der Waals surface area contributed by atoms with Gasteiger partial charge in [0.15, 0.2) is 0 Å². The lowest BCUT2D eigenvalue weighted by Crippen LogP contribution is -2.24. The van der Waals surface area contributed by atoms with Crippen molar-refractivity contribution in [3.8, 4) is 6.07 Å². The molecule has 20 heavy (non-hydrogen) atoms. The molecule has 4 heteroatoms. The molecule has 4 nitrogen and oxygen atoms in total. The molecule has 0 N–H and O–H groups in total. The minimum absolute atomic E-state index is 0.122. The summed E-state index contributed by atoms with van der Waals surface area (Å²) in [7, 11) is 1.72. The van der Waals surface area contributed by atoms with E-state index in [1.165, 1.54) is 6.08 Å². The van der Waals surface area contributed by atoms with Gasteiger partial charge < -0.3 is 9.32 Å². The zero-order valence-corrected chi connectivity index (χ0v) is 11.1. The molecule has 1 aromatic carbocycles. The van der Waals surface area contributed by atoms with Gasteiger partial charge in [0.1, 0.15) is 5.76 Å². The van der Waals surface area contributed by atoms with E-state index >= 15 is 0 Å². The lowest BCUT2D eigenvalue weighted by molar-refractivity contribution is -0.125. The highest BCUT2D eigenvalue weighted by atomic mass is 16.3. The molecule has 0 aliphatic heterocycles. The first-order valence-electron chi connectivity index (χ1n) is 6.15. The summed E-state index contributed by atoms with van der Waals surface area (Å²) in [4.78, 5) is 13.5. The van der Waals surface area contributed by atoms with Crippen molar-refractivity contribution in [3.05, 3.63) is 65.6 Å². The van der Waals surface area contributed by atoms with E-state index in [-0.39, 0.29) is 5.91 Å². The van der Waals surface area contributed by atoms with E-state index in [1.54, 1.807) is 48.6 Å². The Morgan fingerprint density at radius 3 is 2.95 bits per heavy atom. The fourth-order valence-electron chi connectivity index (χ4n) is 1.76. The van der Waals surface area contributed by atoms with Crippen molar-refractivity contribution in [3.63, 3.8) is 0 Å². The van der Waals surface area contributed by atoms with Crippen LogP contribution in [0.4, 0.5) is 0 Å². The zero-order valence-electron chi connectivity index (χ0n) is 11.1. The predicted octanol–water partition coefficient (Wildman–Crippen LogP) is 2.82. The van der Waals surface area contributed by atoms with Crippen LogP contribution in [0.1, 0.15) is 16.9 Å². The summed E-state index contributed by atoms with van der Waals surface area (Å²) in [6, 6.07) is 12.8. The minimum Gasteiger partial charge on any atom is -0.465 e. The summed E-state index contributed by atoms with van der Waals surface area (Å²) >= 11 is 0. The summed E-state index contributed by atoms with van der Waals surface area (Å²) in [5.74, 6) is 0.516. The normalized spacial score (nSPS) is 10.4. The quantitative estimate of drug-likeness (QED) is 0.799. The lowest BCUT2D eigenvalue weighted by Gasteiger charge is -2.15. The average Bonchev–Trinajstić information content (AvgIpc) is 2.98. The SMILES string of the molecule is CN(Cc1cccc(C#N)c1)C(=O)/C=C\c1ccco1. The summed E-state index contributed by atoms with van der Waals surface area (Å²) in [6.07, 6.45) is 4.65. The van der Waals surface area contributed by atoms with Crippen LogP contribution >= 0.6 is 0 Å². The molecule has 2 rings (SSSR count). The Bertz CT molecular complexity index is 651. The van der Waals surface area contributed by atoms with Crippen molar-refractivity contribution in [1.29, 1.82) is 5.26 Å². The molecule has 0 atom stereocenters. The molecule has 1 heterocycles. The number of benzene rings is 1. The van der Waals surface area contributed by atoms with Crippen LogP contribution in [-0.2, 0) is 11.3 Å². The third-order valence-corrected chi connectivity index (χ3v) is 2.79. The number of nitriles is 1. The zero-order chi connectivity index (χ0) is 14.4. The van der Waals surface area contributed by atoms with Crippen LogP contribution in [0.25, 0.3) is 6.08 Å². The number of nitrogens with zero attached hydrogens (tertiary/aromatic N) is 2. The van der Waals surface area contributed by atoms with Crippen molar-refractivity contribution < 1.29 is 9.21 Å². The highest BCUT2D eigenvalue weighted by Gasteiger charge is 2.06. The van der Waals surface area contributed by atoms with Crippen molar-refractivity contribution >= 4 is 12.0 Å². The topological polar surface area (TPSA) is 57.2 Å². The molecule has 0 spiro atoms. The van der Waals surface area contributed by atoms with Crippen LogP contribution in [0.15, 0.2) is 53.2 Å². The van der Waals surface area contributed by atoms with Crippen LogP contribution in [0.2, 0.25) is 0 Å². The van der Waals surface area contributed by atoms with Crippen LogP contribution in [0, 0.1) is 11.3 Å². The number of hydrogen-bond acceptors (Lipinski definition) is 3. The third kappa shape index (κ3) is 3.59. The fourth-order valence-corrected chi connectivity index (χ4v) is 1.76. The van der Waals surface area contributed by atoms with Crippen molar-refractivity contribution in [1.82, 2.24) is 4.90 Å². The maximum atomic E-state index is 11.9. The molecular formula is C16H14N2O2. The molecule has 100 valence electrons. The van der Waals surface area contributed by atoms with Gasteiger partial charge in [-0.05, 0) is 35.9 Å². The van der Waals surface area contributed by atoms with Gasteiger partial charge >= 0.3 is 0 Å². The Hall–Kier alpha value is -2.80. The van der Waals surface area contributed by atoms with E-state index in [2.05, 4.69) is 6.07 Å². The Balaban J connectivity index is 1.99. The summed E-state index contributed by atoms with van der Waals surface area (Å²) in [5.41, 5.74) is 1.51. The minimum atomic E-state index is -0.122. The van der Waals surface area contributed by atoms with Crippen LogP contribution in [0.3, 0.4) is 0 Å². The van der Waals surface area contributed by atoms with Crippen LogP contribution in [0.5, 0.6) is 0 Å². The molecule has 0 aliphatic carbocycles. The van der Waals surface area contributed by atoms with Gasteiger partial charge in [0.05, 0.1) is 17.9 Å². The molecule has 0 saturated carbocycles. The standard InChI is InChI=1S/C16H14N2O2/c1-18(12-14-5-2-4-13(10-14)11-17)16(19)8-7-15-6-3-9-20-15/h2-10H,12H2,1H3/b8-7-. The molecule has 0 radical (unpaired) electrons.